The third-order valence-electron chi connectivity index (χ3n) is 3.11. The quantitative estimate of drug-likeness (QED) is 0.527. The first-order valence-electron chi connectivity index (χ1n) is 5.52. The van der Waals surface area contributed by atoms with Crippen molar-refractivity contribution in [3.63, 3.8) is 0 Å². The maximum absolute atomic E-state index is 11.9. The van der Waals surface area contributed by atoms with Gasteiger partial charge >= 0.3 is 6.03 Å². The molecule has 0 aromatic carbocycles. The molecule has 0 radical (unpaired) electrons. The summed E-state index contributed by atoms with van der Waals surface area (Å²) < 4.78 is 0. The number of nitrogens with zero attached hydrogens (tertiary/aromatic N) is 2. The number of likely N-dealkylation sites (N-methyl/N-ethyl adjacent to an activating group) is 1. The van der Waals surface area contributed by atoms with Crippen LogP contribution in [0.1, 0.15) is 40.0 Å². The smallest absolute Gasteiger partial charge is 0.313 e. The van der Waals surface area contributed by atoms with Gasteiger partial charge in [0.2, 0.25) is 0 Å². The van der Waals surface area contributed by atoms with Crippen LogP contribution in [0.5, 0.6) is 0 Å². The van der Waals surface area contributed by atoms with Gasteiger partial charge in [0.25, 0.3) is 5.91 Å². The van der Waals surface area contributed by atoms with Crippen molar-refractivity contribution in [3.8, 4) is 0 Å². The van der Waals surface area contributed by atoms with Crippen molar-refractivity contribution in [2.45, 2.75) is 45.6 Å². The van der Waals surface area contributed by atoms with E-state index < -0.39 is 5.54 Å². The number of hydrogen-bond donors (Lipinski definition) is 0. The Kier molecular flexibility index (Phi) is 3.37. The van der Waals surface area contributed by atoms with Crippen LogP contribution in [0.25, 0.3) is 0 Å². The summed E-state index contributed by atoms with van der Waals surface area (Å²) in [5.74, 6) is -0.0777. The van der Waals surface area contributed by atoms with Crippen LogP contribution in [0.2, 0.25) is 0 Å². The average Bonchev–Trinajstić information content (AvgIpc) is 2.33. The molecule has 0 aromatic heterocycles. The van der Waals surface area contributed by atoms with Crippen LogP contribution >= 0.6 is 0 Å². The van der Waals surface area contributed by atoms with E-state index in [1.807, 2.05) is 0 Å². The number of imide groups is 1. The average molecular weight is 212 g/mol. The first kappa shape index (κ1) is 12.0. The number of hydrogen-bond acceptors (Lipinski definition) is 2. The zero-order valence-electron chi connectivity index (χ0n) is 10.0. The fraction of sp³-hybridized carbons (Fsp3) is 0.818. The molecule has 0 aromatic rings. The number of urea groups is 1. The van der Waals surface area contributed by atoms with E-state index in [2.05, 4.69) is 6.92 Å². The second kappa shape index (κ2) is 4.21. The minimum atomic E-state index is -0.677. The Morgan fingerprint density at radius 3 is 2.20 bits per heavy atom. The van der Waals surface area contributed by atoms with E-state index in [9.17, 15) is 9.59 Å². The lowest BCUT2D eigenvalue weighted by Gasteiger charge is -2.22. The van der Waals surface area contributed by atoms with E-state index in [0.29, 0.717) is 6.54 Å². The molecule has 3 amide bonds. The molecule has 0 saturated carbocycles. The van der Waals surface area contributed by atoms with Crippen molar-refractivity contribution in [2.24, 2.45) is 0 Å². The predicted octanol–water partition coefficient (Wildman–Crippen LogP) is 1.85. The van der Waals surface area contributed by atoms with Crippen LogP contribution in [0.4, 0.5) is 4.79 Å². The standard InChI is InChI=1S/C11H20N2O2/c1-5-6-7-8-13-9(14)11(2,3)12(4)10(13)15/h5-8H2,1-4H3. The molecule has 1 fully saturated rings. The molecule has 4 nitrogen and oxygen atoms in total. The van der Waals surface area contributed by atoms with Crippen molar-refractivity contribution in [3.05, 3.63) is 0 Å². The Morgan fingerprint density at radius 2 is 1.80 bits per heavy atom. The fourth-order valence-electron chi connectivity index (χ4n) is 1.70. The summed E-state index contributed by atoms with van der Waals surface area (Å²) in [5.41, 5.74) is -0.677. The van der Waals surface area contributed by atoms with Gasteiger partial charge in [-0.25, -0.2) is 4.79 Å². The minimum Gasteiger partial charge on any atom is -0.313 e. The highest BCUT2D eigenvalue weighted by atomic mass is 16.2. The van der Waals surface area contributed by atoms with Crippen molar-refractivity contribution in [1.82, 2.24) is 9.80 Å². The van der Waals surface area contributed by atoms with Gasteiger partial charge in [0, 0.05) is 13.6 Å². The van der Waals surface area contributed by atoms with Gasteiger partial charge in [-0.1, -0.05) is 19.8 Å². The second-order valence-corrected chi connectivity index (χ2v) is 4.56. The second-order valence-electron chi connectivity index (χ2n) is 4.56. The lowest BCUT2D eigenvalue weighted by molar-refractivity contribution is -0.131. The van der Waals surface area contributed by atoms with Gasteiger partial charge < -0.3 is 4.90 Å². The van der Waals surface area contributed by atoms with E-state index >= 15 is 0 Å². The Hall–Kier alpha value is -1.06. The summed E-state index contributed by atoms with van der Waals surface area (Å²) in [6.07, 6.45) is 3.05. The zero-order chi connectivity index (χ0) is 11.6. The van der Waals surface area contributed by atoms with Crippen LogP contribution in [0.3, 0.4) is 0 Å². The van der Waals surface area contributed by atoms with E-state index in [1.165, 1.54) is 9.80 Å². The van der Waals surface area contributed by atoms with Gasteiger partial charge in [-0.2, -0.15) is 0 Å². The maximum Gasteiger partial charge on any atom is 0.327 e. The molecule has 0 spiro atoms. The van der Waals surface area contributed by atoms with Crippen LogP contribution in [-0.2, 0) is 4.79 Å². The van der Waals surface area contributed by atoms with Crippen molar-refractivity contribution < 1.29 is 9.59 Å². The topological polar surface area (TPSA) is 40.6 Å². The summed E-state index contributed by atoms with van der Waals surface area (Å²) in [5, 5.41) is 0. The van der Waals surface area contributed by atoms with Gasteiger partial charge in [-0.3, -0.25) is 9.69 Å². The van der Waals surface area contributed by atoms with Crippen LogP contribution in [0, 0.1) is 0 Å². The molecule has 0 bridgehead atoms. The summed E-state index contributed by atoms with van der Waals surface area (Å²) in [7, 11) is 1.68. The van der Waals surface area contributed by atoms with E-state index in [4.69, 9.17) is 0 Å². The molecule has 1 rings (SSSR count). The molecular weight excluding hydrogens is 192 g/mol. The molecule has 1 aliphatic rings. The molecule has 1 aliphatic heterocycles. The Morgan fingerprint density at radius 1 is 1.20 bits per heavy atom. The number of carbonyl (C=O) groups excluding carboxylic acids is 2. The lowest BCUT2D eigenvalue weighted by atomic mass is 10.1. The first-order valence-corrected chi connectivity index (χ1v) is 5.52. The van der Waals surface area contributed by atoms with E-state index in [-0.39, 0.29) is 11.9 Å². The molecule has 1 saturated heterocycles. The van der Waals surface area contributed by atoms with Gasteiger partial charge in [-0.05, 0) is 20.3 Å². The van der Waals surface area contributed by atoms with Crippen molar-refractivity contribution >= 4 is 11.9 Å². The van der Waals surface area contributed by atoms with Crippen LogP contribution in [0.15, 0.2) is 0 Å². The van der Waals surface area contributed by atoms with E-state index in [1.54, 1.807) is 20.9 Å². The highest BCUT2D eigenvalue weighted by molar-refractivity contribution is 6.06. The molecule has 0 unspecified atom stereocenters. The van der Waals surface area contributed by atoms with Crippen molar-refractivity contribution in [1.29, 1.82) is 0 Å². The third-order valence-corrected chi connectivity index (χ3v) is 3.11. The molecule has 0 atom stereocenters. The summed E-state index contributed by atoms with van der Waals surface area (Å²) in [6.45, 7) is 6.23. The van der Waals surface area contributed by atoms with Gasteiger partial charge in [0.15, 0.2) is 0 Å². The van der Waals surface area contributed by atoms with E-state index in [0.717, 1.165) is 19.3 Å². The predicted molar refractivity (Wildman–Crippen MR) is 58.5 cm³/mol. The monoisotopic (exact) mass is 212 g/mol. The van der Waals surface area contributed by atoms with Crippen LogP contribution < -0.4 is 0 Å². The maximum atomic E-state index is 11.9. The first-order chi connectivity index (χ1) is 6.92. The number of unbranched alkanes of at least 4 members (excludes halogenated alkanes) is 2. The summed E-state index contributed by atoms with van der Waals surface area (Å²) >= 11 is 0. The molecular formula is C11H20N2O2. The molecule has 1 heterocycles. The molecule has 86 valence electrons. The number of rotatable bonds is 4. The summed E-state index contributed by atoms with van der Waals surface area (Å²) in [6, 6.07) is -0.166. The largest absolute Gasteiger partial charge is 0.327 e. The number of carbonyl (C=O) groups is 2. The minimum absolute atomic E-state index is 0.0777. The molecule has 0 aliphatic carbocycles. The lowest BCUT2D eigenvalue weighted by Crippen LogP contribution is -2.41. The number of amides is 3. The zero-order valence-corrected chi connectivity index (χ0v) is 10.0. The highest BCUT2D eigenvalue weighted by Crippen LogP contribution is 2.25. The molecule has 15 heavy (non-hydrogen) atoms. The Bertz CT molecular complexity index is 274. The van der Waals surface area contributed by atoms with Crippen molar-refractivity contribution in [2.75, 3.05) is 13.6 Å². The Balaban J connectivity index is 2.67. The molecule has 4 heteroatoms. The fourth-order valence-corrected chi connectivity index (χ4v) is 1.70. The SMILES string of the molecule is CCCCCN1C(=O)N(C)C(C)(C)C1=O. The van der Waals surface area contributed by atoms with Gasteiger partial charge in [0.05, 0.1) is 0 Å². The Labute approximate surface area is 91.2 Å². The normalized spacial score (nSPS) is 20.3. The van der Waals surface area contributed by atoms with Gasteiger partial charge in [-0.15, -0.1) is 0 Å². The van der Waals surface area contributed by atoms with Crippen LogP contribution in [-0.4, -0.2) is 40.9 Å². The third kappa shape index (κ3) is 1.98. The summed E-state index contributed by atoms with van der Waals surface area (Å²) in [4.78, 5) is 26.5. The van der Waals surface area contributed by atoms with Gasteiger partial charge in [0.1, 0.15) is 5.54 Å². The highest BCUT2D eigenvalue weighted by Gasteiger charge is 2.48. The molecule has 0 N–H and O–H groups in total.